The monoisotopic (exact) mass is 313 g/mol. The molecule has 9 heteroatoms. The minimum Gasteiger partial charge on any atom is -0.360 e. The number of carbonyl (C=O) groups is 1. The fourth-order valence-electron chi connectivity index (χ4n) is 1.66. The molecule has 0 saturated heterocycles. The number of aromatic nitrogens is 1. The van der Waals surface area contributed by atoms with Crippen molar-refractivity contribution >= 4 is 23.1 Å². The minimum atomic E-state index is -0.783. The predicted molar refractivity (Wildman–Crippen MR) is 80.3 cm³/mol. The van der Waals surface area contributed by atoms with Gasteiger partial charge in [0.2, 0.25) is 0 Å². The summed E-state index contributed by atoms with van der Waals surface area (Å²) in [4.78, 5) is 22.3. The molecule has 0 radical (unpaired) electrons. The zero-order valence-corrected chi connectivity index (χ0v) is 11.9. The van der Waals surface area contributed by atoms with E-state index in [1.54, 1.807) is 19.1 Å². The van der Waals surface area contributed by atoms with E-state index in [9.17, 15) is 14.9 Å². The van der Waals surface area contributed by atoms with Crippen LogP contribution in [0.15, 0.2) is 46.6 Å². The maximum absolute atomic E-state index is 12.0. The zero-order chi connectivity index (χ0) is 16.8. The average Bonchev–Trinajstić information content (AvgIpc) is 2.93. The highest BCUT2D eigenvalue weighted by atomic mass is 16.6. The van der Waals surface area contributed by atoms with Crippen LogP contribution in [0.1, 0.15) is 5.76 Å². The van der Waals surface area contributed by atoms with E-state index in [1.165, 1.54) is 24.3 Å². The van der Waals surface area contributed by atoms with Gasteiger partial charge in [-0.25, -0.2) is 0 Å². The first kappa shape index (κ1) is 15.7. The van der Waals surface area contributed by atoms with Crippen LogP contribution in [0, 0.1) is 28.4 Å². The van der Waals surface area contributed by atoms with Crippen LogP contribution in [-0.2, 0) is 4.79 Å². The van der Waals surface area contributed by atoms with E-state index in [2.05, 4.69) is 15.8 Å². The number of benzene rings is 1. The van der Waals surface area contributed by atoms with Crippen molar-refractivity contribution in [1.82, 2.24) is 5.16 Å². The Labute approximate surface area is 130 Å². The Bertz CT molecular complexity index is 819. The molecule has 2 N–H and O–H groups in total. The molecule has 2 rings (SSSR count). The Morgan fingerprint density at radius 1 is 1.48 bits per heavy atom. The molecule has 1 aromatic carbocycles. The Balaban J connectivity index is 2.15. The van der Waals surface area contributed by atoms with Crippen LogP contribution in [0.5, 0.6) is 0 Å². The standard InChI is InChI=1S/C14H11N5O4/c1-9-6-13(18-23-9)16-8-10(7-15)14(20)17-11-4-2-3-5-12(11)19(21)22/h2-6,8H,1H3,(H,16,18)(H,17,20)/b10-8-. The number of hydrogen-bond acceptors (Lipinski definition) is 7. The first-order valence-electron chi connectivity index (χ1n) is 6.36. The number of nitro benzene ring substituents is 1. The van der Waals surface area contributed by atoms with Gasteiger partial charge < -0.3 is 15.2 Å². The normalized spacial score (nSPS) is 10.7. The van der Waals surface area contributed by atoms with E-state index in [0.29, 0.717) is 11.6 Å². The first-order chi connectivity index (χ1) is 11.0. The maximum atomic E-state index is 12.0. The molecule has 1 amide bonds. The molecule has 1 aromatic heterocycles. The van der Waals surface area contributed by atoms with Crippen LogP contribution in [-0.4, -0.2) is 16.0 Å². The second-order valence-electron chi connectivity index (χ2n) is 4.37. The highest BCUT2D eigenvalue weighted by Gasteiger charge is 2.17. The quantitative estimate of drug-likeness (QED) is 0.374. The lowest BCUT2D eigenvalue weighted by Gasteiger charge is -2.04. The average molecular weight is 313 g/mol. The van der Waals surface area contributed by atoms with E-state index in [4.69, 9.17) is 9.78 Å². The van der Waals surface area contributed by atoms with Crippen LogP contribution in [0.2, 0.25) is 0 Å². The smallest absolute Gasteiger partial charge is 0.292 e. The van der Waals surface area contributed by atoms with E-state index in [0.717, 1.165) is 6.20 Å². The summed E-state index contributed by atoms with van der Waals surface area (Å²) in [7, 11) is 0. The molecule has 0 aliphatic carbocycles. The van der Waals surface area contributed by atoms with Crippen molar-refractivity contribution in [3.05, 3.63) is 58.0 Å². The molecule has 0 atom stereocenters. The molecule has 1 heterocycles. The minimum absolute atomic E-state index is 0.000862. The lowest BCUT2D eigenvalue weighted by Crippen LogP contribution is -2.15. The van der Waals surface area contributed by atoms with Gasteiger partial charge in [-0.1, -0.05) is 17.3 Å². The van der Waals surface area contributed by atoms with E-state index in [1.807, 2.05) is 0 Å². The number of para-hydroxylation sites is 2. The van der Waals surface area contributed by atoms with Crippen LogP contribution < -0.4 is 10.6 Å². The van der Waals surface area contributed by atoms with Gasteiger partial charge in [0.05, 0.1) is 4.92 Å². The molecule has 9 nitrogen and oxygen atoms in total. The molecular weight excluding hydrogens is 302 g/mol. The third-order valence-corrected chi connectivity index (χ3v) is 2.71. The molecular formula is C14H11N5O4. The van der Waals surface area contributed by atoms with Crippen molar-refractivity contribution in [3.63, 3.8) is 0 Å². The van der Waals surface area contributed by atoms with Crippen molar-refractivity contribution in [2.24, 2.45) is 0 Å². The van der Waals surface area contributed by atoms with Gasteiger partial charge in [0.1, 0.15) is 23.1 Å². The van der Waals surface area contributed by atoms with Gasteiger partial charge in [-0.05, 0) is 13.0 Å². The van der Waals surface area contributed by atoms with Crippen molar-refractivity contribution < 1.29 is 14.2 Å². The summed E-state index contributed by atoms with van der Waals surface area (Å²) >= 11 is 0. The summed E-state index contributed by atoms with van der Waals surface area (Å²) in [5.74, 6) is 0.104. The number of amides is 1. The summed E-state index contributed by atoms with van der Waals surface area (Å²) in [6.45, 7) is 1.69. The highest BCUT2D eigenvalue weighted by molar-refractivity contribution is 6.07. The van der Waals surface area contributed by atoms with Gasteiger partial charge in [-0.3, -0.25) is 14.9 Å². The second kappa shape index (κ2) is 6.86. The predicted octanol–water partition coefficient (Wildman–Crippen LogP) is 2.35. The molecule has 0 fully saturated rings. The van der Waals surface area contributed by atoms with E-state index >= 15 is 0 Å². The molecule has 0 saturated carbocycles. The number of nitrogens with one attached hydrogen (secondary N) is 2. The Morgan fingerprint density at radius 3 is 2.83 bits per heavy atom. The third-order valence-electron chi connectivity index (χ3n) is 2.71. The zero-order valence-electron chi connectivity index (χ0n) is 11.9. The maximum Gasteiger partial charge on any atom is 0.292 e. The molecule has 116 valence electrons. The number of nitro groups is 1. The molecule has 0 aliphatic rings. The van der Waals surface area contributed by atoms with Crippen LogP contribution in [0.4, 0.5) is 17.2 Å². The van der Waals surface area contributed by atoms with Gasteiger partial charge >= 0.3 is 0 Å². The number of nitriles is 1. The summed E-state index contributed by atoms with van der Waals surface area (Å²) in [6, 6.07) is 8.92. The Hall–Kier alpha value is -3.67. The van der Waals surface area contributed by atoms with Crippen molar-refractivity contribution in [2.45, 2.75) is 6.92 Å². The van der Waals surface area contributed by atoms with Crippen molar-refractivity contribution in [2.75, 3.05) is 10.6 Å². The largest absolute Gasteiger partial charge is 0.360 e. The summed E-state index contributed by atoms with van der Waals surface area (Å²) in [6.07, 6.45) is 1.14. The van der Waals surface area contributed by atoms with Crippen LogP contribution >= 0.6 is 0 Å². The lowest BCUT2D eigenvalue weighted by molar-refractivity contribution is -0.383. The highest BCUT2D eigenvalue weighted by Crippen LogP contribution is 2.23. The number of anilines is 2. The topological polar surface area (TPSA) is 134 Å². The summed E-state index contributed by atoms with van der Waals surface area (Å²) in [5, 5.41) is 28.5. The third kappa shape index (κ3) is 3.92. The fraction of sp³-hybridized carbons (Fsp3) is 0.0714. The van der Waals surface area contributed by atoms with Gasteiger partial charge in [0.15, 0.2) is 5.82 Å². The molecule has 2 aromatic rings. The van der Waals surface area contributed by atoms with Gasteiger partial charge in [0, 0.05) is 18.3 Å². The molecule has 23 heavy (non-hydrogen) atoms. The molecule has 0 aliphatic heterocycles. The summed E-state index contributed by atoms with van der Waals surface area (Å²) in [5.41, 5.74) is -0.539. The molecule has 0 spiro atoms. The van der Waals surface area contributed by atoms with Gasteiger partial charge in [0.25, 0.3) is 11.6 Å². The van der Waals surface area contributed by atoms with E-state index in [-0.39, 0.29) is 16.9 Å². The number of rotatable bonds is 5. The second-order valence-corrected chi connectivity index (χ2v) is 4.37. The van der Waals surface area contributed by atoms with Crippen molar-refractivity contribution in [3.8, 4) is 6.07 Å². The Morgan fingerprint density at radius 2 is 2.22 bits per heavy atom. The fourth-order valence-corrected chi connectivity index (χ4v) is 1.66. The summed E-state index contributed by atoms with van der Waals surface area (Å²) < 4.78 is 4.83. The Kier molecular flexibility index (Phi) is 4.69. The number of hydrogen-bond donors (Lipinski definition) is 2. The lowest BCUT2D eigenvalue weighted by atomic mass is 10.2. The van der Waals surface area contributed by atoms with Crippen LogP contribution in [0.3, 0.4) is 0 Å². The molecule has 0 unspecified atom stereocenters. The SMILES string of the molecule is Cc1cc(N/C=C(/C#N)C(=O)Nc2ccccc2[N+](=O)[O-])no1. The molecule has 0 bridgehead atoms. The van der Waals surface area contributed by atoms with Crippen LogP contribution in [0.25, 0.3) is 0 Å². The number of nitrogens with zero attached hydrogens (tertiary/aromatic N) is 3. The number of carbonyl (C=O) groups excluding carboxylic acids is 1. The van der Waals surface area contributed by atoms with E-state index < -0.39 is 10.8 Å². The number of aryl methyl sites for hydroxylation is 1. The van der Waals surface area contributed by atoms with Gasteiger partial charge in [-0.2, -0.15) is 5.26 Å². The first-order valence-corrected chi connectivity index (χ1v) is 6.36. The van der Waals surface area contributed by atoms with Crippen molar-refractivity contribution in [1.29, 1.82) is 5.26 Å². The van der Waals surface area contributed by atoms with Gasteiger partial charge in [-0.15, -0.1) is 0 Å².